The van der Waals surface area contributed by atoms with Crippen molar-refractivity contribution in [2.75, 3.05) is 4.90 Å². The number of hydrogen-bond donors (Lipinski definition) is 1. The summed E-state index contributed by atoms with van der Waals surface area (Å²) in [4.78, 5) is 7.43. The highest BCUT2D eigenvalue weighted by molar-refractivity contribution is 7.13. The highest BCUT2D eigenvalue weighted by Crippen LogP contribution is 2.41. The van der Waals surface area contributed by atoms with Crippen LogP contribution in [0.5, 0.6) is 0 Å². The number of hydrogen-bond acceptors (Lipinski definition) is 4. The summed E-state index contributed by atoms with van der Waals surface area (Å²) in [6, 6.07) is 1.68. The molecular weight excluding hydrogens is 242 g/mol. The molecule has 2 fully saturated rings. The number of anilines is 1. The summed E-state index contributed by atoms with van der Waals surface area (Å²) in [6.45, 7) is 6.69. The van der Waals surface area contributed by atoms with Crippen LogP contribution >= 0.6 is 11.3 Å². The largest absolute Gasteiger partial charge is 0.342 e. The number of aromatic nitrogens is 1. The van der Waals surface area contributed by atoms with Crippen LogP contribution in [0, 0.1) is 0 Å². The first-order valence-electron chi connectivity index (χ1n) is 6.95. The van der Waals surface area contributed by atoms with Gasteiger partial charge in [-0.25, -0.2) is 4.98 Å². The number of rotatable bonds is 1. The summed E-state index contributed by atoms with van der Waals surface area (Å²) in [5.74, 6) is 0. The molecule has 3 heterocycles. The van der Waals surface area contributed by atoms with Crippen molar-refractivity contribution in [3.63, 3.8) is 0 Å². The van der Waals surface area contributed by atoms with Gasteiger partial charge in [-0.15, -0.1) is 11.3 Å². The molecule has 2 aliphatic rings. The van der Waals surface area contributed by atoms with E-state index >= 15 is 0 Å². The zero-order valence-corrected chi connectivity index (χ0v) is 12.3. The highest BCUT2D eigenvalue weighted by atomic mass is 32.1. The normalized spacial score (nSPS) is 32.0. The van der Waals surface area contributed by atoms with E-state index in [4.69, 9.17) is 10.7 Å². The third kappa shape index (κ3) is 2.05. The van der Waals surface area contributed by atoms with Crippen LogP contribution in [-0.4, -0.2) is 23.1 Å². The number of fused-ring (bicyclic) bond motifs is 2. The SMILES string of the molecule is CC(C)(C)c1csc(N2C3CCC2CC(N)C3)n1. The van der Waals surface area contributed by atoms with Crippen LogP contribution in [0.1, 0.15) is 52.1 Å². The lowest BCUT2D eigenvalue weighted by atomic mass is 9.93. The molecule has 2 aliphatic heterocycles. The maximum atomic E-state index is 6.13. The van der Waals surface area contributed by atoms with Crippen LogP contribution in [0.25, 0.3) is 0 Å². The lowest BCUT2D eigenvalue weighted by Crippen LogP contribution is -2.47. The van der Waals surface area contributed by atoms with E-state index in [0.717, 1.165) is 12.8 Å². The minimum atomic E-state index is 0.153. The lowest BCUT2D eigenvalue weighted by Gasteiger charge is -2.37. The summed E-state index contributed by atoms with van der Waals surface area (Å²) in [6.07, 6.45) is 4.87. The predicted molar refractivity (Wildman–Crippen MR) is 77.3 cm³/mol. The average Bonchev–Trinajstić information content (AvgIpc) is 2.81. The lowest BCUT2D eigenvalue weighted by molar-refractivity contribution is 0.413. The molecule has 2 unspecified atom stereocenters. The standard InChI is InChI=1S/C14H23N3S/c1-14(2,3)12-8-18-13(16-12)17-10-4-5-11(17)7-9(15)6-10/h8-11H,4-7,15H2,1-3H3. The number of nitrogens with two attached hydrogens (primary N) is 1. The van der Waals surface area contributed by atoms with Crippen LogP contribution in [0.4, 0.5) is 5.13 Å². The zero-order valence-electron chi connectivity index (χ0n) is 11.5. The van der Waals surface area contributed by atoms with E-state index < -0.39 is 0 Å². The van der Waals surface area contributed by atoms with Crippen molar-refractivity contribution in [2.24, 2.45) is 5.73 Å². The number of nitrogens with zero attached hydrogens (tertiary/aromatic N) is 2. The summed E-state index contributed by atoms with van der Waals surface area (Å²) >= 11 is 1.81. The third-order valence-corrected chi connectivity index (χ3v) is 5.10. The van der Waals surface area contributed by atoms with Gasteiger partial charge in [0.05, 0.1) is 5.69 Å². The van der Waals surface area contributed by atoms with Gasteiger partial charge in [-0.3, -0.25) is 0 Å². The molecule has 2 saturated heterocycles. The van der Waals surface area contributed by atoms with Crippen molar-refractivity contribution < 1.29 is 0 Å². The van der Waals surface area contributed by atoms with Crippen molar-refractivity contribution in [1.82, 2.24) is 4.98 Å². The zero-order chi connectivity index (χ0) is 12.9. The van der Waals surface area contributed by atoms with E-state index in [1.54, 1.807) is 11.3 Å². The maximum Gasteiger partial charge on any atom is 0.186 e. The molecule has 0 aliphatic carbocycles. The quantitative estimate of drug-likeness (QED) is 0.849. The number of thiazole rings is 1. The first-order chi connectivity index (χ1) is 8.45. The molecule has 0 saturated carbocycles. The Kier molecular flexibility index (Phi) is 2.90. The average molecular weight is 265 g/mol. The molecule has 0 amide bonds. The fourth-order valence-corrected chi connectivity index (χ4v) is 4.45. The molecule has 0 radical (unpaired) electrons. The van der Waals surface area contributed by atoms with Crippen LogP contribution in [-0.2, 0) is 5.41 Å². The Hall–Kier alpha value is -0.610. The van der Waals surface area contributed by atoms with Gasteiger partial charge in [0.1, 0.15) is 0 Å². The second-order valence-electron chi connectivity index (χ2n) is 6.79. The summed E-state index contributed by atoms with van der Waals surface area (Å²) in [5.41, 5.74) is 7.50. The van der Waals surface area contributed by atoms with Gasteiger partial charge in [-0.2, -0.15) is 0 Å². The fourth-order valence-electron chi connectivity index (χ4n) is 3.26. The monoisotopic (exact) mass is 265 g/mol. The Balaban J connectivity index is 1.86. The minimum absolute atomic E-state index is 0.153. The Labute approximate surface area is 113 Å². The Bertz CT molecular complexity index is 420. The van der Waals surface area contributed by atoms with Gasteiger partial charge < -0.3 is 10.6 Å². The molecule has 2 bridgehead atoms. The second kappa shape index (κ2) is 4.20. The summed E-state index contributed by atoms with van der Waals surface area (Å²) in [7, 11) is 0. The minimum Gasteiger partial charge on any atom is -0.342 e. The smallest absolute Gasteiger partial charge is 0.186 e. The fraction of sp³-hybridized carbons (Fsp3) is 0.786. The maximum absolute atomic E-state index is 6.13. The van der Waals surface area contributed by atoms with Gasteiger partial charge in [0, 0.05) is 28.9 Å². The Morgan fingerprint density at radius 3 is 2.39 bits per heavy atom. The van der Waals surface area contributed by atoms with Crippen LogP contribution in [0.2, 0.25) is 0 Å². The molecule has 0 aromatic carbocycles. The van der Waals surface area contributed by atoms with Crippen molar-refractivity contribution in [2.45, 2.75) is 70.0 Å². The molecule has 4 heteroatoms. The van der Waals surface area contributed by atoms with Gasteiger partial charge in [-0.1, -0.05) is 20.8 Å². The van der Waals surface area contributed by atoms with E-state index in [1.165, 1.54) is 23.7 Å². The van der Waals surface area contributed by atoms with Crippen LogP contribution in [0.15, 0.2) is 5.38 Å². The van der Waals surface area contributed by atoms with E-state index in [9.17, 15) is 0 Å². The molecule has 3 nitrogen and oxygen atoms in total. The highest BCUT2D eigenvalue weighted by Gasteiger charge is 2.41. The molecular formula is C14H23N3S. The molecule has 1 aromatic heterocycles. The van der Waals surface area contributed by atoms with Crippen molar-refractivity contribution in [1.29, 1.82) is 0 Å². The van der Waals surface area contributed by atoms with Crippen LogP contribution < -0.4 is 10.6 Å². The van der Waals surface area contributed by atoms with Gasteiger partial charge >= 0.3 is 0 Å². The number of piperidine rings is 1. The van der Waals surface area contributed by atoms with Crippen molar-refractivity contribution in [3.05, 3.63) is 11.1 Å². The Morgan fingerprint density at radius 1 is 1.28 bits per heavy atom. The second-order valence-corrected chi connectivity index (χ2v) is 7.63. The van der Waals surface area contributed by atoms with Gasteiger partial charge in [0.2, 0.25) is 0 Å². The summed E-state index contributed by atoms with van der Waals surface area (Å²) < 4.78 is 0. The van der Waals surface area contributed by atoms with Crippen molar-refractivity contribution >= 4 is 16.5 Å². The predicted octanol–water partition coefficient (Wildman–Crippen LogP) is 2.90. The molecule has 2 N–H and O–H groups in total. The first kappa shape index (κ1) is 12.4. The van der Waals surface area contributed by atoms with E-state index in [2.05, 4.69) is 31.1 Å². The van der Waals surface area contributed by atoms with Crippen molar-refractivity contribution in [3.8, 4) is 0 Å². The molecule has 100 valence electrons. The van der Waals surface area contributed by atoms with E-state index in [1.807, 2.05) is 0 Å². The molecule has 2 atom stereocenters. The van der Waals surface area contributed by atoms with Gasteiger partial charge in [0.15, 0.2) is 5.13 Å². The van der Waals surface area contributed by atoms with Crippen LogP contribution in [0.3, 0.4) is 0 Å². The van der Waals surface area contributed by atoms with E-state index in [-0.39, 0.29) is 5.41 Å². The Morgan fingerprint density at radius 2 is 1.89 bits per heavy atom. The van der Waals surface area contributed by atoms with Gasteiger partial charge in [0.25, 0.3) is 0 Å². The first-order valence-corrected chi connectivity index (χ1v) is 7.83. The molecule has 1 aromatic rings. The third-order valence-electron chi connectivity index (χ3n) is 4.25. The molecule has 18 heavy (non-hydrogen) atoms. The molecule has 0 spiro atoms. The summed E-state index contributed by atoms with van der Waals surface area (Å²) in [5, 5.41) is 3.45. The topological polar surface area (TPSA) is 42.1 Å². The molecule has 3 rings (SSSR count). The van der Waals surface area contributed by atoms with Gasteiger partial charge in [-0.05, 0) is 25.7 Å². The van der Waals surface area contributed by atoms with E-state index in [0.29, 0.717) is 18.1 Å².